The highest BCUT2D eigenvalue weighted by atomic mass is 19.1. The monoisotopic (exact) mass is 521 g/mol. The smallest absolute Gasteiger partial charge is 0.159 e. The number of aromatic amines is 2. The molecule has 0 bridgehead atoms. The number of hydrogen-bond donors (Lipinski definition) is 3. The Balaban J connectivity index is 1.44. The van der Waals surface area contributed by atoms with Gasteiger partial charge in [0.2, 0.25) is 0 Å². The maximum absolute atomic E-state index is 16.3. The predicted molar refractivity (Wildman–Crippen MR) is 150 cm³/mol. The van der Waals surface area contributed by atoms with Crippen molar-refractivity contribution in [2.75, 3.05) is 5.32 Å². The molecule has 4 heterocycles. The molecule has 9 heteroatoms. The summed E-state index contributed by atoms with van der Waals surface area (Å²) in [5, 5.41) is 10.9. The van der Waals surface area contributed by atoms with Gasteiger partial charge in [-0.1, -0.05) is 31.4 Å². The van der Waals surface area contributed by atoms with Crippen LogP contribution in [0.25, 0.3) is 51.8 Å². The van der Waals surface area contributed by atoms with Gasteiger partial charge in [0.1, 0.15) is 22.9 Å². The van der Waals surface area contributed by atoms with Crippen LogP contribution in [0, 0.1) is 11.7 Å². The highest BCUT2D eigenvalue weighted by molar-refractivity contribution is 5.96. The number of allylic oxidation sites excluding steroid dienone is 3. The van der Waals surface area contributed by atoms with Crippen molar-refractivity contribution in [2.24, 2.45) is 5.92 Å². The zero-order valence-electron chi connectivity index (χ0n) is 21.2. The molecule has 0 aliphatic heterocycles. The predicted octanol–water partition coefficient (Wildman–Crippen LogP) is 5.48. The Bertz CT molecular complexity index is 1880. The van der Waals surface area contributed by atoms with E-state index >= 15 is 4.39 Å². The number of anilines is 1. The van der Waals surface area contributed by atoms with Crippen LogP contribution in [-0.2, 0) is 0 Å². The molecule has 0 radical (unpaired) electrons. The summed E-state index contributed by atoms with van der Waals surface area (Å²) in [6.07, 6.45) is 8.85. The lowest BCUT2D eigenvalue weighted by Crippen LogP contribution is -2.24. The van der Waals surface area contributed by atoms with Gasteiger partial charge in [-0.15, -0.1) is 0 Å². The van der Waals surface area contributed by atoms with E-state index in [0.29, 0.717) is 50.5 Å². The average molecular weight is 522 g/mol. The highest BCUT2D eigenvalue weighted by Crippen LogP contribution is 2.36. The first-order chi connectivity index (χ1) is 18.9. The van der Waals surface area contributed by atoms with E-state index in [1.54, 1.807) is 49.8 Å². The van der Waals surface area contributed by atoms with E-state index in [9.17, 15) is 4.39 Å². The van der Waals surface area contributed by atoms with Gasteiger partial charge < -0.3 is 10.3 Å². The standard InChI is InChI=1S/C30H25F2N7/c1-4-23(20-13-22(15-33-14-20)35-16(2)18-8-9-18)26(32)25-17(3)38-39-29(25)30-36-24-10-11-34-27(28(24)37-30)19-6-5-7-21(31)12-19/h4-7,10-15,18,35,38H,2-3,8-9H2,1H3,(H,36,37)/b23-4-,26-25-. The molecule has 0 saturated heterocycles. The number of aromatic nitrogens is 6. The molecule has 0 unspecified atom stereocenters. The highest BCUT2D eigenvalue weighted by Gasteiger charge is 2.25. The number of nitrogens with one attached hydrogen (secondary N) is 3. The minimum atomic E-state index is -0.518. The fraction of sp³-hybridized carbons (Fsp3) is 0.133. The maximum Gasteiger partial charge on any atom is 0.159 e. The van der Waals surface area contributed by atoms with Crippen molar-refractivity contribution < 1.29 is 8.78 Å². The zero-order valence-corrected chi connectivity index (χ0v) is 21.2. The van der Waals surface area contributed by atoms with Crippen LogP contribution in [-0.4, -0.2) is 30.1 Å². The molecule has 0 spiro atoms. The Morgan fingerprint density at radius 3 is 2.77 bits per heavy atom. The fourth-order valence-electron chi connectivity index (χ4n) is 4.61. The number of hydrogen-bond acceptors (Lipinski definition) is 5. The molecule has 1 aliphatic carbocycles. The third kappa shape index (κ3) is 4.63. The van der Waals surface area contributed by atoms with Gasteiger partial charge in [0.05, 0.1) is 33.7 Å². The molecular formula is C30H25F2N7. The number of imidazole rings is 1. The largest absolute Gasteiger partial charge is 0.358 e. The Morgan fingerprint density at radius 1 is 1.15 bits per heavy atom. The first-order valence-electron chi connectivity index (χ1n) is 12.5. The van der Waals surface area contributed by atoms with Crippen molar-refractivity contribution in [3.8, 4) is 22.8 Å². The van der Waals surface area contributed by atoms with Crippen LogP contribution in [0.5, 0.6) is 0 Å². The molecule has 1 aliphatic rings. The molecule has 6 rings (SSSR count). The first kappa shape index (κ1) is 24.4. The zero-order chi connectivity index (χ0) is 27.1. The fourth-order valence-corrected chi connectivity index (χ4v) is 4.61. The molecule has 7 nitrogen and oxygen atoms in total. The van der Waals surface area contributed by atoms with Crippen molar-refractivity contribution in [2.45, 2.75) is 19.8 Å². The van der Waals surface area contributed by atoms with Crippen LogP contribution in [0.2, 0.25) is 0 Å². The van der Waals surface area contributed by atoms with Gasteiger partial charge in [-0.3, -0.25) is 15.1 Å². The summed E-state index contributed by atoms with van der Waals surface area (Å²) in [6.45, 7) is 9.83. The molecule has 0 amide bonds. The van der Waals surface area contributed by atoms with Crippen LogP contribution in [0.3, 0.4) is 0 Å². The van der Waals surface area contributed by atoms with Crippen LogP contribution in [0.4, 0.5) is 14.5 Å². The summed E-state index contributed by atoms with van der Waals surface area (Å²) in [4.78, 5) is 16.6. The number of H-pyrrole nitrogens is 2. The average Bonchev–Trinajstić information content (AvgIpc) is 3.58. The minimum Gasteiger partial charge on any atom is -0.358 e. The molecule has 1 saturated carbocycles. The van der Waals surface area contributed by atoms with Gasteiger partial charge in [0.15, 0.2) is 5.82 Å². The number of benzene rings is 1. The minimum absolute atomic E-state index is 0.183. The second-order valence-corrected chi connectivity index (χ2v) is 9.48. The lowest BCUT2D eigenvalue weighted by Gasteiger charge is -2.11. The topological polar surface area (TPSA) is 95.2 Å². The molecule has 39 heavy (non-hydrogen) atoms. The van der Waals surface area contributed by atoms with E-state index in [4.69, 9.17) is 4.98 Å². The number of rotatable bonds is 7. The van der Waals surface area contributed by atoms with E-state index < -0.39 is 5.83 Å². The van der Waals surface area contributed by atoms with E-state index in [1.807, 2.05) is 6.07 Å². The number of pyridine rings is 2. The van der Waals surface area contributed by atoms with E-state index in [2.05, 4.69) is 43.6 Å². The summed E-state index contributed by atoms with van der Waals surface area (Å²) < 4.78 is 30.2. The molecular weight excluding hydrogens is 496 g/mol. The van der Waals surface area contributed by atoms with Gasteiger partial charge >= 0.3 is 0 Å². The van der Waals surface area contributed by atoms with Crippen molar-refractivity contribution in [3.05, 3.63) is 95.3 Å². The van der Waals surface area contributed by atoms with Crippen LogP contribution < -0.4 is 15.9 Å². The summed E-state index contributed by atoms with van der Waals surface area (Å²) in [5.74, 6) is -0.0906. The molecule has 194 valence electrons. The SMILES string of the molecule is C=C(Nc1cncc(C(=C/C)/C(F)=c2/c(-c3nc4c(-c5cccc(F)c5)nccc4[nH]3)n[nH]c2=C)c1)C1CC1. The normalized spacial score (nSPS) is 14.5. The quantitative estimate of drug-likeness (QED) is 0.264. The summed E-state index contributed by atoms with van der Waals surface area (Å²) in [5.41, 5.74) is 5.14. The Labute approximate surface area is 222 Å². The summed E-state index contributed by atoms with van der Waals surface area (Å²) in [6, 6.07) is 9.74. The van der Waals surface area contributed by atoms with Crippen LogP contribution in [0.1, 0.15) is 25.3 Å². The number of fused-ring (bicyclic) bond motifs is 1. The maximum atomic E-state index is 16.3. The summed E-state index contributed by atoms with van der Waals surface area (Å²) in [7, 11) is 0. The first-order valence-corrected chi connectivity index (χ1v) is 12.5. The molecule has 3 N–H and O–H groups in total. The van der Waals surface area contributed by atoms with Crippen molar-refractivity contribution in [1.29, 1.82) is 0 Å². The van der Waals surface area contributed by atoms with Crippen molar-refractivity contribution in [1.82, 2.24) is 30.1 Å². The lowest BCUT2D eigenvalue weighted by atomic mass is 10.0. The van der Waals surface area contributed by atoms with Gasteiger partial charge in [-0.05, 0) is 49.9 Å². The number of halogens is 2. The molecule has 4 aromatic heterocycles. The molecule has 1 fully saturated rings. The van der Waals surface area contributed by atoms with Crippen molar-refractivity contribution in [3.63, 3.8) is 0 Å². The summed E-state index contributed by atoms with van der Waals surface area (Å²) >= 11 is 0. The van der Waals surface area contributed by atoms with E-state index in [1.165, 1.54) is 12.1 Å². The molecule has 1 aromatic carbocycles. The second-order valence-electron chi connectivity index (χ2n) is 9.48. The molecule has 5 aromatic rings. The van der Waals surface area contributed by atoms with Crippen molar-refractivity contribution >= 4 is 34.7 Å². The van der Waals surface area contributed by atoms with E-state index in [-0.39, 0.29) is 16.7 Å². The van der Waals surface area contributed by atoms with E-state index in [0.717, 1.165) is 24.2 Å². The Kier molecular flexibility index (Phi) is 6.11. The Morgan fingerprint density at radius 2 is 2.00 bits per heavy atom. The van der Waals surface area contributed by atoms with Gasteiger partial charge in [0, 0.05) is 34.8 Å². The Hall–Kier alpha value is -4.92. The molecule has 0 atom stereocenters. The second kappa shape index (κ2) is 9.75. The van der Waals surface area contributed by atoms with Gasteiger partial charge in [0.25, 0.3) is 0 Å². The van der Waals surface area contributed by atoms with Gasteiger partial charge in [-0.25, -0.2) is 13.8 Å². The van der Waals surface area contributed by atoms with Crippen LogP contribution in [0.15, 0.2) is 73.3 Å². The number of nitrogens with zero attached hydrogens (tertiary/aromatic N) is 4. The van der Waals surface area contributed by atoms with Crippen LogP contribution >= 0.6 is 0 Å². The lowest BCUT2D eigenvalue weighted by molar-refractivity contribution is 0.628. The third-order valence-electron chi connectivity index (χ3n) is 6.73. The van der Waals surface area contributed by atoms with Gasteiger partial charge in [-0.2, -0.15) is 5.10 Å². The third-order valence-corrected chi connectivity index (χ3v) is 6.73.